The molecule has 1 amide bonds. The largest absolute Gasteiger partial charge is 0.446 e. The molecule has 80 valence electrons. The molecule has 6 heteroatoms. The van der Waals surface area contributed by atoms with Gasteiger partial charge in [-0.1, -0.05) is 0 Å². The highest BCUT2D eigenvalue weighted by Gasteiger charge is 2.29. The van der Waals surface area contributed by atoms with Crippen LogP contribution in [-0.4, -0.2) is 37.2 Å². The van der Waals surface area contributed by atoms with Crippen molar-refractivity contribution < 1.29 is 9.53 Å². The number of amides is 1. The van der Waals surface area contributed by atoms with Gasteiger partial charge in [-0.25, -0.2) is 4.79 Å². The smallest absolute Gasteiger partial charge is 0.409 e. The molecule has 1 aliphatic rings. The minimum absolute atomic E-state index is 0. The van der Waals surface area contributed by atoms with Crippen LogP contribution in [0.2, 0.25) is 0 Å². The Labute approximate surface area is 90.6 Å². The Kier molecular flexibility index (Phi) is 7.40. The summed E-state index contributed by atoms with van der Waals surface area (Å²) in [5.41, 5.74) is 5.52. The van der Waals surface area contributed by atoms with Crippen molar-refractivity contribution in [3.05, 3.63) is 0 Å². The second-order valence-corrected chi connectivity index (χ2v) is 3.13. The first kappa shape index (κ1) is 15.3. The maximum absolute atomic E-state index is 10.9. The Morgan fingerprint density at radius 3 is 2.15 bits per heavy atom. The Bertz CT molecular complexity index is 161. The molecule has 0 aromatic carbocycles. The summed E-state index contributed by atoms with van der Waals surface area (Å²) in [5, 5.41) is 0. The summed E-state index contributed by atoms with van der Waals surface area (Å²) in [7, 11) is 3.34. The van der Waals surface area contributed by atoms with E-state index in [4.69, 9.17) is 10.5 Å². The minimum atomic E-state index is -0.276. The molecule has 0 aliphatic heterocycles. The lowest BCUT2D eigenvalue weighted by Crippen LogP contribution is -2.44. The van der Waals surface area contributed by atoms with E-state index in [1.165, 1.54) is 4.90 Å². The predicted octanol–water partition coefficient (Wildman–Crippen LogP) is 1.02. The van der Waals surface area contributed by atoms with Crippen LogP contribution in [0.3, 0.4) is 0 Å². The molecule has 0 atom stereocenters. The van der Waals surface area contributed by atoms with Crippen LogP contribution in [0, 0.1) is 0 Å². The molecule has 1 rings (SSSR count). The maximum atomic E-state index is 10.9. The molecule has 0 heterocycles. The van der Waals surface area contributed by atoms with Crippen LogP contribution in [0.4, 0.5) is 4.79 Å². The number of nitrogens with zero attached hydrogens (tertiary/aromatic N) is 1. The van der Waals surface area contributed by atoms with Gasteiger partial charge >= 0.3 is 6.09 Å². The average Bonchev–Trinajstić information content (AvgIpc) is 1.84. The number of carbonyl (C=O) groups is 1. The number of carbonyl (C=O) groups excluding carboxylic acids is 1. The molecule has 0 saturated heterocycles. The van der Waals surface area contributed by atoms with Gasteiger partial charge in [-0.05, 0) is 12.8 Å². The van der Waals surface area contributed by atoms with E-state index in [0.717, 1.165) is 12.8 Å². The first-order valence-electron chi connectivity index (χ1n) is 3.73. The fraction of sp³-hybridized carbons (Fsp3) is 0.857. The molecule has 2 N–H and O–H groups in total. The highest BCUT2D eigenvalue weighted by molar-refractivity contribution is 5.85. The third-order valence-electron chi connectivity index (χ3n) is 1.76. The zero-order valence-corrected chi connectivity index (χ0v) is 9.36. The van der Waals surface area contributed by atoms with Gasteiger partial charge in [-0.15, -0.1) is 24.8 Å². The van der Waals surface area contributed by atoms with E-state index in [1.807, 2.05) is 0 Å². The molecule has 0 bridgehead atoms. The number of hydrogen-bond acceptors (Lipinski definition) is 3. The second kappa shape index (κ2) is 6.29. The first-order chi connectivity index (χ1) is 5.09. The van der Waals surface area contributed by atoms with Crippen molar-refractivity contribution in [2.24, 2.45) is 5.73 Å². The number of rotatable bonds is 1. The van der Waals surface area contributed by atoms with Crippen LogP contribution in [0.25, 0.3) is 0 Å². The highest BCUT2D eigenvalue weighted by atomic mass is 35.5. The average molecular weight is 231 g/mol. The highest BCUT2D eigenvalue weighted by Crippen LogP contribution is 2.21. The van der Waals surface area contributed by atoms with Gasteiger partial charge in [0.1, 0.15) is 6.10 Å². The summed E-state index contributed by atoms with van der Waals surface area (Å²) in [5.74, 6) is 0. The summed E-state index contributed by atoms with van der Waals surface area (Å²) in [6.45, 7) is 0. The second-order valence-electron chi connectivity index (χ2n) is 3.13. The molecule has 0 aromatic rings. The Balaban J connectivity index is 0. The van der Waals surface area contributed by atoms with E-state index >= 15 is 0 Å². The van der Waals surface area contributed by atoms with Gasteiger partial charge in [-0.3, -0.25) is 0 Å². The molecule has 1 saturated carbocycles. The molecule has 0 radical (unpaired) electrons. The van der Waals surface area contributed by atoms with Gasteiger partial charge in [0.25, 0.3) is 0 Å². The third-order valence-corrected chi connectivity index (χ3v) is 1.76. The zero-order chi connectivity index (χ0) is 8.43. The Hall–Kier alpha value is -0.190. The predicted molar refractivity (Wildman–Crippen MR) is 55.7 cm³/mol. The molecule has 0 spiro atoms. The topological polar surface area (TPSA) is 55.6 Å². The van der Waals surface area contributed by atoms with Gasteiger partial charge < -0.3 is 15.4 Å². The molecule has 13 heavy (non-hydrogen) atoms. The van der Waals surface area contributed by atoms with E-state index in [1.54, 1.807) is 14.1 Å². The summed E-state index contributed by atoms with van der Waals surface area (Å²) in [6.07, 6.45) is 1.39. The van der Waals surface area contributed by atoms with Crippen molar-refractivity contribution in [2.45, 2.75) is 25.0 Å². The number of halogens is 2. The zero-order valence-electron chi connectivity index (χ0n) is 7.73. The van der Waals surface area contributed by atoms with Crippen molar-refractivity contribution in [1.82, 2.24) is 4.90 Å². The molecular formula is C7H16Cl2N2O2. The maximum Gasteiger partial charge on any atom is 0.409 e. The Morgan fingerprint density at radius 2 is 1.85 bits per heavy atom. The van der Waals surface area contributed by atoms with Crippen LogP contribution in [0.15, 0.2) is 0 Å². The first-order valence-corrected chi connectivity index (χ1v) is 3.73. The van der Waals surface area contributed by atoms with Gasteiger partial charge in [0.2, 0.25) is 0 Å². The van der Waals surface area contributed by atoms with E-state index in [0.29, 0.717) is 0 Å². The van der Waals surface area contributed by atoms with Crippen LogP contribution in [0.5, 0.6) is 0 Å². The van der Waals surface area contributed by atoms with Gasteiger partial charge in [-0.2, -0.15) is 0 Å². The van der Waals surface area contributed by atoms with Crippen molar-refractivity contribution in [2.75, 3.05) is 14.1 Å². The quantitative estimate of drug-likeness (QED) is 0.732. The Morgan fingerprint density at radius 1 is 1.38 bits per heavy atom. The van der Waals surface area contributed by atoms with Crippen LogP contribution >= 0.6 is 24.8 Å². The summed E-state index contributed by atoms with van der Waals surface area (Å²) in [4.78, 5) is 12.3. The summed E-state index contributed by atoms with van der Waals surface area (Å²) in [6, 6.07) is 0.231. The monoisotopic (exact) mass is 230 g/mol. The van der Waals surface area contributed by atoms with E-state index < -0.39 is 0 Å². The lowest BCUT2D eigenvalue weighted by Gasteiger charge is -2.32. The normalized spacial score (nSPS) is 24.5. The lowest BCUT2D eigenvalue weighted by molar-refractivity contribution is 0.0257. The number of hydrogen-bond donors (Lipinski definition) is 1. The van der Waals surface area contributed by atoms with Crippen molar-refractivity contribution in [1.29, 1.82) is 0 Å². The fourth-order valence-electron chi connectivity index (χ4n) is 0.951. The number of nitrogens with two attached hydrogens (primary N) is 1. The summed E-state index contributed by atoms with van der Waals surface area (Å²) < 4.78 is 5.03. The van der Waals surface area contributed by atoms with Gasteiger partial charge in [0, 0.05) is 20.1 Å². The molecule has 0 unspecified atom stereocenters. The van der Waals surface area contributed by atoms with Crippen LogP contribution in [0.1, 0.15) is 12.8 Å². The van der Waals surface area contributed by atoms with Crippen molar-refractivity contribution in [3.63, 3.8) is 0 Å². The third kappa shape index (κ3) is 4.55. The molecule has 1 fully saturated rings. The standard InChI is InChI=1S/C7H14N2O2.2ClH/c1-9(2)7(10)11-6-3-5(8)4-6;;/h5-6H,3-4,8H2,1-2H3;2*1H/t5-,6-;;. The fourth-order valence-corrected chi connectivity index (χ4v) is 0.951. The summed E-state index contributed by atoms with van der Waals surface area (Å²) >= 11 is 0. The van der Waals surface area contributed by atoms with E-state index in [9.17, 15) is 4.79 Å². The van der Waals surface area contributed by atoms with Crippen LogP contribution < -0.4 is 5.73 Å². The lowest BCUT2D eigenvalue weighted by atomic mass is 9.90. The minimum Gasteiger partial charge on any atom is -0.446 e. The SMILES string of the molecule is CN(C)C(=O)O[C@H]1C[C@H](N)C1.Cl.Cl. The van der Waals surface area contributed by atoms with Crippen LogP contribution in [-0.2, 0) is 4.74 Å². The van der Waals surface area contributed by atoms with Gasteiger partial charge in [0.05, 0.1) is 0 Å². The molecule has 4 nitrogen and oxygen atoms in total. The van der Waals surface area contributed by atoms with Gasteiger partial charge in [0.15, 0.2) is 0 Å². The van der Waals surface area contributed by atoms with Crippen molar-refractivity contribution >= 4 is 30.9 Å². The number of ether oxygens (including phenoxy) is 1. The van der Waals surface area contributed by atoms with E-state index in [2.05, 4.69) is 0 Å². The molecule has 1 aliphatic carbocycles. The van der Waals surface area contributed by atoms with E-state index in [-0.39, 0.29) is 43.1 Å². The van der Waals surface area contributed by atoms with Crippen molar-refractivity contribution in [3.8, 4) is 0 Å². The molecule has 0 aromatic heterocycles. The molecular weight excluding hydrogens is 215 g/mol.